The molecule has 0 spiro atoms. The third kappa shape index (κ3) is 4.62. The summed E-state index contributed by atoms with van der Waals surface area (Å²) in [7, 11) is 1.60. The highest BCUT2D eigenvalue weighted by atomic mass is 19.4. The fourth-order valence-corrected chi connectivity index (χ4v) is 1.44. The van der Waals surface area contributed by atoms with Crippen LogP contribution in [0.25, 0.3) is 10.8 Å². The van der Waals surface area contributed by atoms with Gasteiger partial charge >= 0.3 is 12.1 Å². The zero-order valence-corrected chi connectivity index (χ0v) is 11.3. The number of benzene rings is 1. The molecule has 0 saturated carbocycles. The van der Waals surface area contributed by atoms with Gasteiger partial charge in [-0.1, -0.05) is 6.07 Å². The Morgan fingerprint density at radius 1 is 1.23 bits per heavy atom. The van der Waals surface area contributed by atoms with Crippen molar-refractivity contribution in [1.82, 2.24) is 10.3 Å². The van der Waals surface area contributed by atoms with E-state index in [9.17, 15) is 18.0 Å². The molecule has 1 heterocycles. The number of amides is 1. The lowest BCUT2D eigenvalue weighted by molar-refractivity contribution is -0.192. The maximum absolute atomic E-state index is 11.4. The summed E-state index contributed by atoms with van der Waals surface area (Å²) in [4.78, 5) is 24.3. The zero-order valence-electron chi connectivity index (χ0n) is 11.3. The van der Waals surface area contributed by atoms with Gasteiger partial charge in [-0.15, -0.1) is 0 Å². The first-order valence-electron chi connectivity index (χ1n) is 5.82. The highest BCUT2D eigenvalue weighted by Gasteiger charge is 2.38. The maximum Gasteiger partial charge on any atom is 0.490 e. The van der Waals surface area contributed by atoms with Crippen LogP contribution in [0.4, 0.5) is 19.0 Å². The van der Waals surface area contributed by atoms with E-state index in [1.807, 2.05) is 6.07 Å². The number of nitrogens with two attached hydrogens (primary N) is 1. The van der Waals surface area contributed by atoms with Crippen molar-refractivity contribution in [2.75, 3.05) is 12.8 Å². The number of fused-ring (bicyclic) bond motifs is 1. The second kappa shape index (κ2) is 6.74. The fraction of sp³-hybridized carbons (Fsp3) is 0.154. The lowest BCUT2D eigenvalue weighted by Crippen LogP contribution is -2.21. The largest absolute Gasteiger partial charge is 0.490 e. The van der Waals surface area contributed by atoms with Crippen molar-refractivity contribution in [3.8, 4) is 0 Å². The standard InChI is InChI=1S/C11H11N3O.C2HF3O2/c1-13-11(15)7-2-3-8-6-14-10(12)5-9(8)4-7;3-2(4,5)1(6)7/h2-6H,1H3,(H2,12,14)(H,13,15);(H,6,7). The summed E-state index contributed by atoms with van der Waals surface area (Å²) in [5.74, 6) is -2.41. The predicted molar refractivity (Wildman–Crippen MR) is 73.2 cm³/mol. The van der Waals surface area contributed by atoms with Gasteiger partial charge in [0.1, 0.15) is 5.82 Å². The van der Waals surface area contributed by atoms with Crippen molar-refractivity contribution in [2.24, 2.45) is 0 Å². The van der Waals surface area contributed by atoms with Crippen LogP contribution < -0.4 is 11.1 Å². The third-order valence-corrected chi connectivity index (χ3v) is 2.47. The number of carboxylic acids is 1. The number of aliphatic carboxylic acids is 1. The molecule has 0 fully saturated rings. The molecule has 0 atom stereocenters. The zero-order chi connectivity index (χ0) is 16.9. The number of alkyl halides is 3. The first-order chi connectivity index (χ1) is 10.1. The number of nitrogens with zero attached hydrogens (tertiary/aromatic N) is 1. The van der Waals surface area contributed by atoms with Crippen LogP contribution in [0.2, 0.25) is 0 Å². The van der Waals surface area contributed by atoms with Gasteiger partial charge in [0.25, 0.3) is 5.91 Å². The van der Waals surface area contributed by atoms with Gasteiger partial charge in [-0.25, -0.2) is 9.78 Å². The summed E-state index contributed by atoms with van der Waals surface area (Å²) in [6.45, 7) is 0. The van der Waals surface area contributed by atoms with Gasteiger partial charge in [0, 0.05) is 24.2 Å². The van der Waals surface area contributed by atoms with Crippen LogP contribution >= 0.6 is 0 Å². The molecule has 118 valence electrons. The van der Waals surface area contributed by atoms with Gasteiger partial charge < -0.3 is 16.2 Å². The fourth-order valence-electron chi connectivity index (χ4n) is 1.44. The lowest BCUT2D eigenvalue weighted by atomic mass is 10.1. The molecular weight excluding hydrogens is 303 g/mol. The van der Waals surface area contributed by atoms with E-state index in [0.717, 1.165) is 10.8 Å². The van der Waals surface area contributed by atoms with Gasteiger partial charge in [0.15, 0.2) is 0 Å². The van der Waals surface area contributed by atoms with Crippen LogP contribution in [0.5, 0.6) is 0 Å². The van der Waals surface area contributed by atoms with E-state index in [2.05, 4.69) is 10.3 Å². The predicted octanol–water partition coefficient (Wildman–Crippen LogP) is 1.81. The number of hydrogen-bond acceptors (Lipinski definition) is 4. The van der Waals surface area contributed by atoms with Crippen LogP contribution in [0, 0.1) is 0 Å². The Labute approximate surface area is 122 Å². The summed E-state index contributed by atoms with van der Waals surface area (Å²) >= 11 is 0. The summed E-state index contributed by atoms with van der Waals surface area (Å²) < 4.78 is 31.7. The van der Waals surface area contributed by atoms with E-state index in [0.29, 0.717) is 11.4 Å². The molecule has 0 saturated heterocycles. The SMILES string of the molecule is CNC(=O)c1ccc2cnc(N)cc2c1.O=C(O)C(F)(F)F. The van der Waals surface area contributed by atoms with Crippen LogP contribution in [0.3, 0.4) is 0 Å². The molecule has 1 aromatic heterocycles. The smallest absolute Gasteiger partial charge is 0.475 e. The van der Waals surface area contributed by atoms with Crippen LogP contribution in [-0.4, -0.2) is 35.2 Å². The molecule has 2 rings (SSSR count). The third-order valence-electron chi connectivity index (χ3n) is 2.47. The van der Waals surface area contributed by atoms with Crippen molar-refractivity contribution < 1.29 is 27.9 Å². The molecule has 0 unspecified atom stereocenters. The van der Waals surface area contributed by atoms with Crippen molar-refractivity contribution in [1.29, 1.82) is 0 Å². The molecule has 1 amide bonds. The second-order valence-electron chi connectivity index (χ2n) is 4.05. The van der Waals surface area contributed by atoms with Gasteiger partial charge in [-0.05, 0) is 23.6 Å². The number of rotatable bonds is 1. The number of nitrogen functional groups attached to an aromatic ring is 1. The number of nitrogens with one attached hydrogen (secondary N) is 1. The van der Waals surface area contributed by atoms with Gasteiger partial charge in [0.05, 0.1) is 0 Å². The van der Waals surface area contributed by atoms with E-state index in [4.69, 9.17) is 15.6 Å². The minimum atomic E-state index is -5.08. The van der Waals surface area contributed by atoms with Crippen LogP contribution in [0.15, 0.2) is 30.5 Å². The Morgan fingerprint density at radius 3 is 2.32 bits per heavy atom. The molecule has 2 aromatic rings. The molecule has 0 aliphatic carbocycles. The monoisotopic (exact) mass is 315 g/mol. The normalized spacial score (nSPS) is 10.5. The Kier molecular flexibility index (Phi) is 5.28. The topological polar surface area (TPSA) is 105 Å². The first-order valence-corrected chi connectivity index (χ1v) is 5.82. The summed E-state index contributed by atoms with van der Waals surface area (Å²) in [5.41, 5.74) is 6.19. The van der Waals surface area contributed by atoms with Gasteiger partial charge in [0.2, 0.25) is 0 Å². The Morgan fingerprint density at radius 2 is 1.82 bits per heavy atom. The van der Waals surface area contributed by atoms with E-state index in [-0.39, 0.29) is 5.91 Å². The van der Waals surface area contributed by atoms with E-state index in [1.54, 1.807) is 31.4 Å². The van der Waals surface area contributed by atoms with Crippen molar-refractivity contribution in [3.63, 3.8) is 0 Å². The Balaban J connectivity index is 0.000000295. The van der Waals surface area contributed by atoms with Gasteiger partial charge in [-0.2, -0.15) is 13.2 Å². The minimum absolute atomic E-state index is 0.104. The van der Waals surface area contributed by atoms with Crippen LogP contribution in [-0.2, 0) is 4.79 Å². The summed E-state index contributed by atoms with van der Waals surface area (Å²) in [5, 5.41) is 11.6. The summed E-state index contributed by atoms with van der Waals surface area (Å²) in [6.07, 6.45) is -3.39. The number of aromatic nitrogens is 1. The van der Waals surface area contributed by atoms with E-state index < -0.39 is 12.1 Å². The van der Waals surface area contributed by atoms with Crippen molar-refractivity contribution in [3.05, 3.63) is 36.0 Å². The summed E-state index contributed by atoms with van der Waals surface area (Å²) in [6, 6.07) is 7.17. The number of hydrogen-bond donors (Lipinski definition) is 3. The number of carbonyl (C=O) groups excluding carboxylic acids is 1. The molecule has 0 aliphatic rings. The lowest BCUT2D eigenvalue weighted by Gasteiger charge is -2.02. The van der Waals surface area contributed by atoms with Gasteiger partial charge in [-0.3, -0.25) is 4.79 Å². The van der Waals surface area contributed by atoms with Crippen LogP contribution in [0.1, 0.15) is 10.4 Å². The van der Waals surface area contributed by atoms with E-state index in [1.165, 1.54) is 0 Å². The molecule has 0 radical (unpaired) electrons. The van der Waals surface area contributed by atoms with E-state index >= 15 is 0 Å². The molecule has 9 heteroatoms. The second-order valence-corrected chi connectivity index (χ2v) is 4.05. The Bertz CT molecular complexity index is 702. The number of halogens is 3. The number of carboxylic acid groups (broad SMARTS) is 1. The molecule has 1 aromatic carbocycles. The quantitative estimate of drug-likeness (QED) is 0.744. The number of carbonyl (C=O) groups is 2. The molecule has 22 heavy (non-hydrogen) atoms. The first kappa shape index (κ1) is 17.2. The van der Waals surface area contributed by atoms with Crippen molar-refractivity contribution >= 4 is 28.5 Å². The molecular formula is C13H12F3N3O3. The minimum Gasteiger partial charge on any atom is -0.475 e. The average Bonchev–Trinajstić information content (AvgIpc) is 2.45. The molecule has 0 aliphatic heterocycles. The highest BCUT2D eigenvalue weighted by Crippen LogP contribution is 2.17. The molecule has 0 bridgehead atoms. The maximum atomic E-state index is 11.4. The number of pyridine rings is 1. The highest BCUT2D eigenvalue weighted by molar-refractivity contribution is 5.98. The average molecular weight is 315 g/mol. The Hall–Kier alpha value is -2.84. The molecule has 4 N–H and O–H groups in total. The molecule has 6 nitrogen and oxygen atoms in total. The van der Waals surface area contributed by atoms with Crippen molar-refractivity contribution in [2.45, 2.75) is 6.18 Å². The number of anilines is 1.